The summed E-state index contributed by atoms with van der Waals surface area (Å²) in [5, 5.41) is 23.5. The molecule has 4 N–H and O–H groups in total. The summed E-state index contributed by atoms with van der Waals surface area (Å²) in [7, 11) is 0. The number of hydrogen-bond donors (Lipinski definition) is 4. The third kappa shape index (κ3) is 4.60. The van der Waals surface area contributed by atoms with E-state index in [1.54, 1.807) is 48.5 Å². The minimum Gasteiger partial charge on any atom is -0.478 e. The Balaban J connectivity index is 1.59. The summed E-state index contributed by atoms with van der Waals surface area (Å²) in [5.74, 6) is -2.28. The largest absolute Gasteiger partial charge is 0.478 e. The molecule has 1 unspecified atom stereocenters. The van der Waals surface area contributed by atoms with Crippen molar-refractivity contribution in [2.24, 2.45) is 0 Å². The van der Waals surface area contributed by atoms with Crippen molar-refractivity contribution in [3.63, 3.8) is 0 Å². The molecule has 0 aliphatic heterocycles. The zero-order valence-corrected chi connectivity index (χ0v) is 18.3. The smallest absolute Gasteiger partial charge is 0.337 e. The van der Waals surface area contributed by atoms with Crippen LogP contribution < -0.4 is 10.6 Å². The van der Waals surface area contributed by atoms with E-state index in [-0.39, 0.29) is 22.5 Å². The van der Waals surface area contributed by atoms with Crippen molar-refractivity contribution >= 4 is 51.7 Å². The van der Waals surface area contributed by atoms with E-state index in [0.717, 1.165) is 0 Å². The molecule has 9 heteroatoms. The van der Waals surface area contributed by atoms with E-state index in [2.05, 4.69) is 15.6 Å². The number of fused-ring (bicyclic) bond motifs is 1. The molecule has 8 nitrogen and oxygen atoms in total. The number of carboxylic acid groups (broad SMARTS) is 1. The van der Waals surface area contributed by atoms with Crippen LogP contribution in [0.15, 0.2) is 72.8 Å². The Morgan fingerprint density at radius 3 is 2.41 bits per heavy atom. The maximum atomic E-state index is 12.8. The number of H-pyrrole nitrogens is 1. The number of anilines is 2. The molecule has 168 valence electrons. The van der Waals surface area contributed by atoms with Crippen molar-refractivity contribution < 1.29 is 19.5 Å². The van der Waals surface area contributed by atoms with Crippen LogP contribution in [0.2, 0.25) is 0 Å². The SMILES string of the molecule is N#Cc1ccc(NC(=O)c2cc3cccc(NC(=O)C(Cl)c4ccccc4)c3[nH]2)c(C(=O)O)c1. The lowest BCUT2D eigenvalue weighted by Gasteiger charge is -2.11. The maximum absolute atomic E-state index is 12.8. The lowest BCUT2D eigenvalue weighted by Crippen LogP contribution is -2.17. The molecule has 0 saturated carbocycles. The first-order valence-electron chi connectivity index (χ1n) is 10.1. The Morgan fingerprint density at radius 1 is 0.941 bits per heavy atom. The van der Waals surface area contributed by atoms with Gasteiger partial charge in [0.15, 0.2) is 0 Å². The summed E-state index contributed by atoms with van der Waals surface area (Å²) in [4.78, 5) is 40.0. The highest BCUT2D eigenvalue weighted by Gasteiger charge is 2.20. The molecule has 1 atom stereocenters. The van der Waals surface area contributed by atoms with Crippen LogP contribution in [0.4, 0.5) is 11.4 Å². The molecular weight excluding hydrogens is 456 g/mol. The fraction of sp³-hybridized carbons (Fsp3) is 0.0400. The monoisotopic (exact) mass is 472 g/mol. The number of carboxylic acids is 1. The number of para-hydroxylation sites is 1. The predicted octanol–water partition coefficient (Wildman–Crippen LogP) is 4.91. The molecule has 0 spiro atoms. The number of carbonyl (C=O) groups excluding carboxylic acids is 2. The number of nitrogens with one attached hydrogen (secondary N) is 3. The lowest BCUT2D eigenvalue weighted by molar-refractivity contribution is -0.116. The number of rotatable bonds is 6. The number of benzene rings is 3. The van der Waals surface area contributed by atoms with Crippen molar-refractivity contribution in [1.29, 1.82) is 5.26 Å². The second-order valence-electron chi connectivity index (χ2n) is 7.35. The molecular formula is C25H17ClN4O4. The fourth-order valence-corrected chi connectivity index (χ4v) is 3.64. The average Bonchev–Trinajstić information content (AvgIpc) is 3.30. The van der Waals surface area contributed by atoms with Gasteiger partial charge in [0.2, 0.25) is 5.91 Å². The van der Waals surface area contributed by atoms with E-state index in [0.29, 0.717) is 22.2 Å². The molecule has 0 saturated heterocycles. The van der Waals surface area contributed by atoms with Gasteiger partial charge in [-0.05, 0) is 35.9 Å². The summed E-state index contributed by atoms with van der Waals surface area (Å²) < 4.78 is 0. The maximum Gasteiger partial charge on any atom is 0.337 e. The van der Waals surface area contributed by atoms with Crippen LogP contribution in [-0.2, 0) is 4.79 Å². The van der Waals surface area contributed by atoms with Gasteiger partial charge in [-0.25, -0.2) is 4.79 Å². The summed E-state index contributed by atoms with van der Waals surface area (Å²) in [6.45, 7) is 0. The molecule has 1 heterocycles. The quantitative estimate of drug-likeness (QED) is 0.296. The molecule has 0 aliphatic carbocycles. The Labute approximate surface area is 198 Å². The van der Waals surface area contributed by atoms with Crippen LogP contribution in [0.3, 0.4) is 0 Å². The molecule has 0 radical (unpaired) electrons. The lowest BCUT2D eigenvalue weighted by atomic mass is 10.1. The summed E-state index contributed by atoms with van der Waals surface area (Å²) in [6.07, 6.45) is 0. The second-order valence-corrected chi connectivity index (χ2v) is 7.78. The van der Waals surface area contributed by atoms with Crippen LogP contribution in [0.25, 0.3) is 10.9 Å². The molecule has 0 aliphatic rings. The van der Waals surface area contributed by atoms with Gasteiger partial charge in [0.05, 0.1) is 34.1 Å². The third-order valence-corrected chi connectivity index (χ3v) is 5.56. The van der Waals surface area contributed by atoms with Crippen LogP contribution in [0.1, 0.15) is 37.4 Å². The van der Waals surface area contributed by atoms with Gasteiger partial charge in [-0.15, -0.1) is 11.6 Å². The van der Waals surface area contributed by atoms with Crippen LogP contribution >= 0.6 is 11.6 Å². The van der Waals surface area contributed by atoms with E-state index in [1.807, 2.05) is 12.1 Å². The summed E-state index contributed by atoms with van der Waals surface area (Å²) in [5.41, 5.74) is 1.76. The molecule has 2 amide bonds. The van der Waals surface area contributed by atoms with Gasteiger partial charge in [0.25, 0.3) is 5.91 Å². The number of amides is 2. The molecule has 0 fully saturated rings. The number of carbonyl (C=O) groups is 3. The summed E-state index contributed by atoms with van der Waals surface area (Å²) in [6, 6.07) is 21.5. The van der Waals surface area contributed by atoms with E-state index in [1.165, 1.54) is 18.2 Å². The van der Waals surface area contributed by atoms with Gasteiger partial charge in [0, 0.05) is 5.39 Å². The highest BCUT2D eigenvalue weighted by atomic mass is 35.5. The standard InChI is InChI=1S/C25H17ClN4O4/c26-21(15-5-2-1-3-6-15)24(32)30-19-8-4-7-16-12-20(28-22(16)19)23(31)29-18-10-9-14(13-27)11-17(18)25(33)34/h1-12,21,28H,(H,29,31)(H,30,32)(H,33,34). The van der Waals surface area contributed by atoms with Crippen LogP contribution in [0.5, 0.6) is 0 Å². The van der Waals surface area contributed by atoms with Gasteiger partial charge in [0.1, 0.15) is 11.1 Å². The number of hydrogen-bond acceptors (Lipinski definition) is 4. The van der Waals surface area contributed by atoms with Crippen molar-refractivity contribution in [3.05, 3.63) is 95.2 Å². The zero-order chi connectivity index (χ0) is 24.2. The number of nitrogens with zero attached hydrogens (tertiary/aromatic N) is 1. The number of aromatic nitrogens is 1. The Kier molecular flexibility index (Phi) is 6.30. The molecule has 3 aromatic carbocycles. The van der Waals surface area contributed by atoms with Crippen molar-refractivity contribution in [2.45, 2.75) is 5.38 Å². The minimum atomic E-state index is -1.27. The third-order valence-electron chi connectivity index (χ3n) is 5.11. The average molecular weight is 473 g/mol. The fourth-order valence-electron chi connectivity index (χ4n) is 3.44. The number of halogens is 1. The van der Waals surface area contributed by atoms with Gasteiger partial charge >= 0.3 is 5.97 Å². The Morgan fingerprint density at radius 2 is 1.71 bits per heavy atom. The van der Waals surface area contributed by atoms with E-state index in [4.69, 9.17) is 16.9 Å². The number of aromatic carboxylic acids is 1. The summed E-state index contributed by atoms with van der Waals surface area (Å²) >= 11 is 6.31. The van der Waals surface area contributed by atoms with Crippen LogP contribution in [0, 0.1) is 11.3 Å². The van der Waals surface area contributed by atoms with Gasteiger partial charge in [-0.3, -0.25) is 9.59 Å². The highest BCUT2D eigenvalue weighted by Crippen LogP contribution is 2.28. The topological polar surface area (TPSA) is 135 Å². The number of nitriles is 1. The van der Waals surface area contributed by atoms with Gasteiger partial charge < -0.3 is 20.7 Å². The molecule has 4 aromatic rings. The van der Waals surface area contributed by atoms with E-state index in [9.17, 15) is 19.5 Å². The highest BCUT2D eigenvalue weighted by molar-refractivity contribution is 6.32. The molecule has 1 aromatic heterocycles. The molecule has 4 rings (SSSR count). The molecule has 34 heavy (non-hydrogen) atoms. The van der Waals surface area contributed by atoms with Gasteiger partial charge in [-0.1, -0.05) is 42.5 Å². The normalized spacial score (nSPS) is 11.4. The Hall–Kier alpha value is -4.61. The zero-order valence-electron chi connectivity index (χ0n) is 17.5. The van der Waals surface area contributed by atoms with E-state index < -0.39 is 23.2 Å². The van der Waals surface area contributed by atoms with Gasteiger partial charge in [-0.2, -0.15) is 5.26 Å². The predicted molar refractivity (Wildman–Crippen MR) is 128 cm³/mol. The number of aromatic amines is 1. The van der Waals surface area contributed by atoms with Crippen molar-refractivity contribution in [1.82, 2.24) is 4.98 Å². The molecule has 0 bridgehead atoms. The minimum absolute atomic E-state index is 0.0523. The first-order chi connectivity index (χ1) is 16.4. The Bertz CT molecular complexity index is 1460. The van der Waals surface area contributed by atoms with E-state index >= 15 is 0 Å². The number of alkyl halides is 1. The van der Waals surface area contributed by atoms with Crippen molar-refractivity contribution in [2.75, 3.05) is 10.6 Å². The van der Waals surface area contributed by atoms with Crippen molar-refractivity contribution in [3.8, 4) is 6.07 Å². The second kappa shape index (κ2) is 9.48. The first-order valence-corrected chi connectivity index (χ1v) is 10.5. The van der Waals surface area contributed by atoms with Crippen LogP contribution in [-0.4, -0.2) is 27.9 Å². The first kappa shape index (κ1) is 22.6.